The van der Waals surface area contributed by atoms with E-state index < -0.39 is 0 Å². The highest BCUT2D eigenvalue weighted by molar-refractivity contribution is 5.96. The quantitative estimate of drug-likeness (QED) is 0.772. The number of Topliss-reactive ketones (excluding diaryl/α,β-unsaturated/α-hetero) is 1. The maximum Gasteiger partial charge on any atom is 0.162 e. The van der Waals surface area contributed by atoms with Crippen LogP contribution in [-0.2, 0) is 0 Å². The Hall–Kier alpha value is -1.31. The summed E-state index contributed by atoms with van der Waals surface area (Å²) in [6, 6.07) is 3.70. The Labute approximate surface area is 110 Å². The summed E-state index contributed by atoms with van der Waals surface area (Å²) in [4.78, 5) is 12.0. The molecule has 0 spiro atoms. The van der Waals surface area contributed by atoms with Crippen LogP contribution < -0.4 is 0 Å². The van der Waals surface area contributed by atoms with Gasteiger partial charge in [-0.05, 0) is 41.5 Å². The number of rotatable bonds is 5. The van der Waals surface area contributed by atoms with E-state index in [0.717, 1.165) is 23.1 Å². The smallest absolute Gasteiger partial charge is 0.162 e. The van der Waals surface area contributed by atoms with Gasteiger partial charge in [-0.25, -0.2) is 0 Å². The molecule has 0 heterocycles. The van der Waals surface area contributed by atoms with E-state index in [1.54, 1.807) is 0 Å². The highest BCUT2D eigenvalue weighted by Crippen LogP contribution is 2.35. The normalized spacial score (nSPS) is 11.3. The molecular formula is C16H24O2. The van der Waals surface area contributed by atoms with Crippen LogP contribution in [0.15, 0.2) is 12.1 Å². The second-order valence-corrected chi connectivity index (χ2v) is 5.49. The predicted octanol–water partition coefficient (Wildman–Crippen LogP) is 4.62. The maximum absolute atomic E-state index is 12.0. The van der Waals surface area contributed by atoms with E-state index in [0.29, 0.717) is 12.2 Å². The monoisotopic (exact) mass is 248 g/mol. The van der Waals surface area contributed by atoms with E-state index >= 15 is 0 Å². The lowest BCUT2D eigenvalue weighted by molar-refractivity contribution is 0.0981. The molecule has 0 unspecified atom stereocenters. The molecule has 0 fully saturated rings. The molecule has 0 amide bonds. The van der Waals surface area contributed by atoms with Crippen molar-refractivity contribution in [3.05, 3.63) is 28.8 Å². The fourth-order valence-electron chi connectivity index (χ4n) is 2.09. The van der Waals surface area contributed by atoms with Crippen LogP contribution in [0.3, 0.4) is 0 Å². The van der Waals surface area contributed by atoms with Gasteiger partial charge in [-0.1, -0.05) is 34.6 Å². The van der Waals surface area contributed by atoms with Crippen molar-refractivity contribution in [2.45, 2.75) is 59.3 Å². The van der Waals surface area contributed by atoms with E-state index in [9.17, 15) is 9.90 Å². The van der Waals surface area contributed by atoms with Gasteiger partial charge in [0.1, 0.15) is 5.75 Å². The fourth-order valence-corrected chi connectivity index (χ4v) is 2.09. The van der Waals surface area contributed by atoms with Gasteiger partial charge in [0.25, 0.3) is 0 Å². The first-order valence-electron chi connectivity index (χ1n) is 6.78. The highest BCUT2D eigenvalue weighted by Gasteiger charge is 2.17. The van der Waals surface area contributed by atoms with E-state index in [1.165, 1.54) is 0 Å². The van der Waals surface area contributed by atoms with Gasteiger partial charge in [-0.3, -0.25) is 4.79 Å². The number of carbonyl (C=O) groups excluding carboxylic acids is 1. The summed E-state index contributed by atoms with van der Waals surface area (Å²) in [6.45, 7) is 10.1. The van der Waals surface area contributed by atoms with Gasteiger partial charge in [-0.2, -0.15) is 0 Å². The second-order valence-electron chi connectivity index (χ2n) is 5.49. The van der Waals surface area contributed by atoms with E-state index in [2.05, 4.69) is 0 Å². The van der Waals surface area contributed by atoms with Crippen LogP contribution in [0.1, 0.15) is 80.8 Å². The molecule has 1 N–H and O–H groups in total. The molecular weight excluding hydrogens is 224 g/mol. The average molecular weight is 248 g/mol. The Bertz CT molecular complexity index is 402. The second kappa shape index (κ2) is 6.03. The van der Waals surface area contributed by atoms with Gasteiger partial charge in [0.15, 0.2) is 5.78 Å². The first kappa shape index (κ1) is 14.7. The van der Waals surface area contributed by atoms with Crippen molar-refractivity contribution >= 4 is 5.78 Å². The molecule has 0 radical (unpaired) electrons. The molecule has 0 aliphatic rings. The Morgan fingerprint density at radius 3 is 1.89 bits per heavy atom. The fraction of sp³-hybridized carbons (Fsp3) is 0.562. The van der Waals surface area contributed by atoms with Gasteiger partial charge >= 0.3 is 0 Å². The predicted molar refractivity (Wildman–Crippen MR) is 75.5 cm³/mol. The maximum atomic E-state index is 12.0. The third-order valence-corrected chi connectivity index (χ3v) is 3.21. The van der Waals surface area contributed by atoms with Crippen LogP contribution in [0.2, 0.25) is 0 Å². The van der Waals surface area contributed by atoms with Crippen LogP contribution in [0.25, 0.3) is 0 Å². The highest BCUT2D eigenvalue weighted by atomic mass is 16.3. The van der Waals surface area contributed by atoms with Crippen molar-refractivity contribution in [2.24, 2.45) is 0 Å². The Morgan fingerprint density at radius 2 is 1.56 bits per heavy atom. The third-order valence-electron chi connectivity index (χ3n) is 3.21. The molecule has 0 atom stereocenters. The third kappa shape index (κ3) is 3.12. The summed E-state index contributed by atoms with van der Waals surface area (Å²) in [7, 11) is 0. The minimum Gasteiger partial charge on any atom is -0.507 e. The number of ketones is 1. The first-order valence-corrected chi connectivity index (χ1v) is 6.78. The standard InChI is InChI=1S/C16H24O2/c1-6-7-15(17)12-8-13(10(2)3)16(18)14(9-12)11(4)5/h8-11,18H,6-7H2,1-5H3. The summed E-state index contributed by atoms with van der Waals surface area (Å²) >= 11 is 0. The number of phenolic OH excluding ortho intramolecular Hbond substituents is 1. The topological polar surface area (TPSA) is 37.3 Å². The molecule has 0 aliphatic carbocycles. The number of carbonyl (C=O) groups is 1. The molecule has 0 saturated carbocycles. The molecule has 100 valence electrons. The van der Waals surface area contributed by atoms with Crippen LogP contribution in [-0.4, -0.2) is 10.9 Å². The summed E-state index contributed by atoms with van der Waals surface area (Å²) in [5, 5.41) is 10.3. The van der Waals surface area contributed by atoms with Gasteiger partial charge in [0.2, 0.25) is 0 Å². The number of benzene rings is 1. The SMILES string of the molecule is CCCC(=O)c1cc(C(C)C)c(O)c(C(C)C)c1. The molecule has 0 aromatic heterocycles. The summed E-state index contributed by atoms with van der Waals surface area (Å²) < 4.78 is 0. The van der Waals surface area contributed by atoms with Gasteiger partial charge in [0, 0.05) is 12.0 Å². The molecule has 18 heavy (non-hydrogen) atoms. The molecule has 1 rings (SSSR count). The zero-order chi connectivity index (χ0) is 13.9. The minimum absolute atomic E-state index is 0.168. The Kier molecular flexibility index (Phi) is 4.94. The molecule has 0 aliphatic heterocycles. The van der Waals surface area contributed by atoms with E-state index in [4.69, 9.17) is 0 Å². The van der Waals surface area contributed by atoms with Crippen LogP contribution in [0, 0.1) is 0 Å². The van der Waals surface area contributed by atoms with Crippen molar-refractivity contribution in [1.29, 1.82) is 0 Å². The number of phenols is 1. The molecule has 0 saturated heterocycles. The van der Waals surface area contributed by atoms with Gasteiger partial charge < -0.3 is 5.11 Å². The number of aromatic hydroxyl groups is 1. The lowest BCUT2D eigenvalue weighted by atomic mass is 9.90. The summed E-state index contributed by atoms with van der Waals surface area (Å²) in [6.07, 6.45) is 1.42. The van der Waals surface area contributed by atoms with Crippen molar-refractivity contribution in [3.8, 4) is 5.75 Å². The van der Waals surface area contributed by atoms with Crippen LogP contribution in [0.5, 0.6) is 5.75 Å². The van der Waals surface area contributed by atoms with E-state index in [-0.39, 0.29) is 17.6 Å². The Balaban J connectivity index is 3.33. The molecule has 2 heteroatoms. The van der Waals surface area contributed by atoms with E-state index in [1.807, 2.05) is 46.8 Å². The molecule has 1 aromatic carbocycles. The summed E-state index contributed by atoms with van der Waals surface area (Å²) in [5.74, 6) is 0.961. The zero-order valence-corrected chi connectivity index (χ0v) is 12.1. The van der Waals surface area contributed by atoms with Crippen LogP contribution in [0.4, 0.5) is 0 Å². The van der Waals surface area contributed by atoms with Crippen molar-refractivity contribution in [1.82, 2.24) is 0 Å². The minimum atomic E-state index is 0.168. The average Bonchev–Trinajstić information content (AvgIpc) is 2.28. The molecule has 0 bridgehead atoms. The molecule has 2 nitrogen and oxygen atoms in total. The Morgan fingerprint density at radius 1 is 1.11 bits per heavy atom. The number of hydrogen-bond acceptors (Lipinski definition) is 2. The lowest BCUT2D eigenvalue weighted by Crippen LogP contribution is -2.04. The lowest BCUT2D eigenvalue weighted by Gasteiger charge is -2.17. The summed E-state index contributed by atoms with van der Waals surface area (Å²) in [5.41, 5.74) is 2.49. The van der Waals surface area contributed by atoms with Crippen molar-refractivity contribution < 1.29 is 9.90 Å². The largest absolute Gasteiger partial charge is 0.507 e. The zero-order valence-electron chi connectivity index (χ0n) is 12.1. The van der Waals surface area contributed by atoms with Gasteiger partial charge in [-0.15, -0.1) is 0 Å². The number of hydrogen-bond donors (Lipinski definition) is 1. The first-order chi connectivity index (χ1) is 8.38. The van der Waals surface area contributed by atoms with Gasteiger partial charge in [0.05, 0.1) is 0 Å². The van der Waals surface area contributed by atoms with Crippen molar-refractivity contribution in [2.75, 3.05) is 0 Å². The van der Waals surface area contributed by atoms with Crippen LogP contribution >= 0.6 is 0 Å². The van der Waals surface area contributed by atoms with Crippen molar-refractivity contribution in [3.63, 3.8) is 0 Å². The molecule has 1 aromatic rings.